The molecule has 42 heavy (non-hydrogen) atoms. The van der Waals surface area contributed by atoms with Crippen LogP contribution in [0.3, 0.4) is 0 Å². The highest BCUT2D eigenvalue weighted by Gasteiger charge is 2.57. The molecule has 2 amide bonds. The number of ether oxygens (including phenoxy) is 4. The van der Waals surface area contributed by atoms with E-state index < -0.39 is 35.2 Å². The fourth-order valence-electron chi connectivity index (χ4n) is 6.18. The third-order valence-electron chi connectivity index (χ3n) is 7.99. The van der Waals surface area contributed by atoms with Crippen LogP contribution >= 0.6 is 23.2 Å². The molecule has 220 valence electrons. The van der Waals surface area contributed by atoms with Crippen molar-refractivity contribution >= 4 is 52.4 Å². The van der Waals surface area contributed by atoms with E-state index in [1.807, 2.05) is 0 Å². The molecule has 0 spiro atoms. The summed E-state index contributed by atoms with van der Waals surface area (Å²) in [6.07, 6.45) is -2.27. The lowest BCUT2D eigenvalue weighted by Crippen LogP contribution is -2.69. The average Bonchev–Trinajstić information content (AvgIpc) is 3.56. The second-order valence-corrected chi connectivity index (χ2v) is 12.4. The van der Waals surface area contributed by atoms with Crippen molar-refractivity contribution in [3.63, 3.8) is 0 Å². The van der Waals surface area contributed by atoms with Crippen LogP contribution < -0.4 is 18.9 Å². The molecular formula is C29H26Cl2N2O9. The number of carbonyl (C=O) groups is 5. The first-order valence-corrected chi connectivity index (χ1v) is 13.9. The Balaban J connectivity index is 1.24. The van der Waals surface area contributed by atoms with Crippen LogP contribution in [0.5, 0.6) is 23.0 Å². The SMILES string of the molecule is CC(=O)C1Oc2ccc(C(=O)N3CC4(C)CN(C(=O)c5ccc6c(c5Cl)OC(C(C)=O)O6)CC(C)(C3)C4=O)c(Cl)c2O1. The summed E-state index contributed by atoms with van der Waals surface area (Å²) in [4.78, 5) is 67.7. The summed E-state index contributed by atoms with van der Waals surface area (Å²) in [7, 11) is 0. The summed E-state index contributed by atoms with van der Waals surface area (Å²) in [6.45, 7) is 6.26. The van der Waals surface area contributed by atoms with Crippen molar-refractivity contribution in [3.05, 3.63) is 45.4 Å². The van der Waals surface area contributed by atoms with Crippen LogP contribution in [0.2, 0.25) is 10.0 Å². The first-order chi connectivity index (χ1) is 19.7. The monoisotopic (exact) mass is 616 g/mol. The van der Waals surface area contributed by atoms with Gasteiger partial charge in [-0.1, -0.05) is 23.2 Å². The number of Topliss-reactive ketones (excluding diaryl/α,β-unsaturated/α-hetero) is 3. The molecule has 0 radical (unpaired) electrons. The molecule has 2 unspecified atom stereocenters. The van der Waals surface area contributed by atoms with E-state index in [2.05, 4.69) is 0 Å². The maximum Gasteiger partial charge on any atom is 0.300 e. The highest BCUT2D eigenvalue weighted by atomic mass is 35.5. The first kappa shape index (κ1) is 28.3. The van der Waals surface area contributed by atoms with Gasteiger partial charge in [-0.25, -0.2) is 0 Å². The third-order valence-corrected chi connectivity index (χ3v) is 8.75. The van der Waals surface area contributed by atoms with Crippen LogP contribution in [0.4, 0.5) is 0 Å². The van der Waals surface area contributed by atoms with Crippen LogP contribution in [0.25, 0.3) is 0 Å². The molecule has 2 saturated heterocycles. The van der Waals surface area contributed by atoms with Crippen molar-refractivity contribution in [2.75, 3.05) is 26.2 Å². The zero-order valence-corrected chi connectivity index (χ0v) is 24.6. The van der Waals surface area contributed by atoms with E-state index in [-0.39, 0.29) is 87.7 Å². The lowest BCUT2D eigenvalue weighted by molar-refractivity contribution is -0.153. The Morgan fingerprint density at radius 2 is 1.05 bits per heavy atom. The predicted molar refractivity (Wildman–Crippen MR) is 147 cm³/mol. The number of amides is 2. The molecule has 6 rings (SSSR count). The maximum atomic E-state index is 13.7. The highest BCUT2D eigenvalue weighted by Crippen LogP contribution is 2.47. The molecule has 0 N–H and O–H groups in total. The minimum atomic E-state index is -1.13. The van der Waals surface area contributed by atoms with E-state index in [0.29, 0.717) is 0 Å². The molecule has 2 aromatic carbocycles. The molecule has 4 aliphatic heterocycles. The summed E-state index contributed by atoms with van der Waals surface area (Å²) in [5, 5.41) is 0.0276. The minimum absolute atomic E-state index is 0.0138. The Morgan fingerprint density at radius 3 is 1.38 bits per heavy atom. The van der Waals surface area contributed by atoms with Gasteiger partial charge in [0, 0.05) is 40.0 Å². The van der Waals surface area contributed by atoms with E-state index in [4.69, 9.17) is 42.1 Å². The zero-order chi connectivity index (χ0) is 30.3. The average molecular weight is 617 g/mol. The molecule has 0 aromatic heterocycles. The van der Waals surface area contributed by atoms with Gasteiger partial charge in [0.2, 0.25) is 11.6 Å². The van der Waals surface area contributed by atoms with E-state index >= 15 is 0 Å². The Labute approximate surface area is 250 Å². The molecule has 2 atom stereocenters. The first-order valence-electron chi connectivity index (χ1n) is 13.2. The number of fused-ring (bicyclic) bond motifs is 4. The van der Waals surface area contributed by atoms with Gasteiger partial charge < -0.3 is 28.7 Å². The molecule has 4 heterocycles. The topological polar surface area (TPSA) is 129 Å². The smallest absolute Gasteiger partial charge is 0.300 e. The van der Waals surface area contributed by atoms with Crippen LogP contribution in [-0.2, 0) is 14.4 Å². The van der Waals surface area contributed by atoms with Crippen molar-refractivity contribution in [1.82, 2.24) is 9.80 Å². The molecule has 4 aliphatic rings. The Morgan fingerprint density at radius 1 is 0.690 bits per heavy atom. The summed E-state index contributed by atoms with van der Waals surface area (Å²) < 4.78 is 22.0. The number of piperidine rings is 2. The molecule has 11 nitrogen and oxygen atoms in total. The van der Waals surface area contributed by atoms with Crippen molar-refractivity contribution < 1.29 is 42.9 Å². The lowest BCUT2D eigenvalue weighted by Gasteiger charge is -2.55. The fraction of sp³-hybridized carbons (Fsp3) is 0.414. The fourth-order valence-corrected chi connectivity index (χ4v) is 6.74. The molecule has 0 aliphatic carbocycles. The summed E-state index contributed by atoms with van der Waals surface area (Å²) in [5.74, 6) is -0.836. The number of ketones is 3. The molecule has 2 fully saturated rings. The standard InChI is InChI=1S/C29H26Cl2N2O9/c1-13(34)25-39-17-7-5-15(19(30)21(17)41-25)23(36)32-9-28(3)11-33(12-29(4,10-32)27(28)38)24(37)16-6-8-18-22(20(16)31)42-26(40-18)14(2)35/h5-8,25-26H,9-12H2,1-4H3. The summed E-state index contributed by atoms with van der Waals surface area (Å²) >= 11 is 13.1. The number of benzene rings is 2. The highest BCUT2D eigenvalue weighted by molar-refractivity contribution is 6.36. The van der Waals surface area contributed by atoms with Gasteiger partial charge in [-0.2, -0.15) is 0 Å². The quantitative estimate of drug-likeness (QED) is 0.506. The van der Waals surface area contributed by atoms with Crippen molar-refractivity contribution in [2.24, 2.45) is 10.8 Å². The molecule has 2 bridgehead atoms. The van der Waals surface area contributed by atoms with Crippen molar-refractivity contribution in [1.29, 1.82) is 0 Å². The lowest BCUT2D eigenvalue weighted by atomic mass is 9.64. The minimum Gasteiger partial charge on any atom is -0.444 e. The van der Waals surface area contributed by atoms with Gasteiger partial charge in [0.15, 0.2) is 28.8 Å². The van der Waals surface area contributed by atoms with Gasteiger partial charge in [-0.3, -0.25) is 24.0 Å². The van der Waals surface area contributed by atoms with Crippen molar-refractivity contribution in [3.8, 4) is 23.0 Å². The Bertz CT molecular complexity index is 1480. The second kappa shape index (κ2) is 9.60. The van der Waals surface area contributed by atoms with Gasteiger partial charge in [-0.05, 0) is 38.1 Å². The normalized spacial score (nSPS) is 27.2. The number of rotatable bonds is 4. The van der Waals surface area contributed by atoms with Crippen molar-refractivity contribution in [2.45, 2.75) is 40.3 Å². The Hall–Kier alpha value is -3.83. The summed E-state index contributed by atoms with van der Waals surface area (Å²) in [5.41, 5.74) is -1.87. The molecular weight excluding hydrogens is 591 g/mol. The van der Waals surface area contributed by atoms with Crippen LogP contribution in [0.15, 0.2) is 24.3 Å². The van der Waals surface area contributed by atoms with Gasteiger partial charge in [0.25, 0.3) is 11.8 Å². The van der Waals surface area contributed by atoms with Crippen LogP contribution in [0.1, 0.15) is 48.4 Å². The van der Waals surface area contributed by atoms with Gasteiger partial charge >= 0.3 is 12.6 Å². The predicted octanol–water partition coefficient (Wildman–Crippen LogP) is 3.56. The largest absolute Gasteiger partial charge is 0.444 e. The zero-order valence-electron chi connectivity index (χ0n) is 23.1. The molecule has 0 saturated carbocycles. The number of likely N-dealkylation sites (tertiary alicyclic amines) is 2. The summed E-state index contributed by atoms with van der Waals surface area (Å²) in [6, 6.07) is 6.04. The van der Waals surface area contributed by atoms with Crippen LogP contribution in [0, 0.1) is 10.8 Å². The number of halogens is 2. The van der Waals surface area contributed by atoms with Gasteiger partial charge in [0.05, 0.1) is 32.0 Å². The number of carbonyl (C=O) groups excluding carboxylic acids is 5. The van der Waals surface area contributed by atoms with E-state index in [1.165, 1.54) is 38.1 Å². The van der Waals surface area contributed by atoms with Crippen LogP contribution in [-0.4, -0.2) is 77.7 Å². The number of nitrogens with zero attached hydrogens (tertiary/aromatic N) is 2. The van der Waals surface area contributed by atoms with Gasteiger partial charge in [-0.15, -0.1) is 0 Å². The second-order valence-electron chi connectivity index (χ2n) is 11.6. The molecule has 13 heteroatoms. The molecule has 2 aromatic rings. The maximum absolute atomic E-state index is 13.7. The van der Waals surface area contributed by atoms with E-state index in [0.717, 1.165) is 0 Å². The van der Waals surface area contributed by atoms with E-state index in [1.54, 1.807) is 23.6 Å². The number of hydrogen-bond acceptors (Lipinski definition) is 9. The van der Waals surface area contributed by atoms with Gasteiger partial charge in [0.1, 0.15) is 0 Å². The van der Waals surface area contributed by atoms with E-state index in [9.17, 15) is 24.0 Å². The Kier molecular flexibility index (Phi) is 6.47. The number of hydrogen-bond donors (Lipinski definition) is 0. The third kappa shape index (κ3) is 4.29.